The van der Waals surface area contributed by atoms with Crippen LogP contribution in [0.5, 0.6) is 0 Å². The Morgan fingerprint density at radius 1 is 0.938 bits per heavy atom. The average Bonchev–Trinajstić information content (AvgIpc) is 3.84. The van der Waals surface area contributed by atoms with Gasteiger partial charge in [-0.15, -0.1) is 0 Å². The molecule has 1 saturated heterocycles. The number of nitrogens with two attached hydrogens (primary N) is 1. The fourth-order valence-corrected chi connectivity index (χ4v) is 9.47. The van der Waals surface area contributed by atoms with Crippen molar-refractivity contribution < 1.29 is 62.4 Å². The number of likely N-dealkylation sites (tertiary alicyclic amines) is 1. The highest BCUT2D eigenvalue weighted by atomic mass is 31.2. The summed E-state index contributed by atoms with van der Waals surface area (Å²) in [6, 6.07) is 3.47. The van der Waals surface area contributed by atoms with E-state index in [2.05, 4.69) is 70.5 Å². The van der Waals surface area contributed by atoms with Crippen LogP contribution < -0.4 is 27.0 Å². The van der Waals surface area contributed by atoms with Crippen molar-refractivity contribution in [3.05, 3.63) is 35.9 Å². The van der Waals surface area contributed by atoms with Gasteiger partial charge in [0, 0.05) is 31.7 Å². The lowest BCUT2D eigenvalue weighted by Crippen LogP contribution is -2.60. The topological polar surface area (TPSA) is 293 Å². The van der Waals surface area contributed by atoms with Gasteiger partial charge in [-0.3, -0.25) is 42.8 Å². The summed E-state index contributed by atoms with van der Waals surface area (Å²) < 4.78 is 18.0. The van der Waals surface area contributed by atoms with Gasteiger partial charge in [-0.05, 0) is 56.4 Å². The smallest absolute Gasteiger partial charge is 0.394 e. The number of phosphoric ester groups is 1. The van der Waals surface area contributed by atoms with Crippen molar-refractivity contribution in [2.24, 2.45) is 17.1 Å². The lowest BCUT2D eigenvalue weighted by molar-refractivity contribution is -0.519. The summed E-state index contributed by atoms with van der Waals surface area (Å²) >= 11 is 0. The fraction of sp³-hybridized carbons (Fsp3) is 0.705. The molecule has 0 aromatic heterocycles. The van der Waals surface area contributed by atoms with E-state index in [4.69, 9.17) is 5.73 Å². The first-order valence-electron chi connectivity index (χ1n) is 22.3. The zero-order valence-corrected chi connectivity index (χ0v) is 40.3. The van der Waals surface area contributed by atoms with E-state index in [1.807, 2.05) is 43.0 Å². The largest absolute Gasteiger partial charge is 0.469 e. The molecule has 0 aliphatic carbocycles. The number of phosphoric acid groups is 1. The molecule has 1 fully saturated rings. The third kappa shape index (κ3) is 17.4. The molecule has 1 aromatic carbocycles. The minimum atomic E-state index is -5.09. The molecule has 2 heterocycles. The van der Waals surface area contributed by atoms with Crippen LogP contribution >= 0.6 is 7.82 Å². The Bertz CT molecular complexity index is 1890. The fourth-order valence-electron chi connectivity index (χ4n) is 8.92. The lowest BCUT2D eigenvalue weighted by atomic mass is 9.71. The Labute approximate surface area is 382 Å². The molecule has 0 bridgehead atoms. The summed E-state index contributed by atoms with van der Waals surface area (Å²) in [5, 5.41) is 30.3. The molecule has 366 valence electrons. The second-order valence-electron chi connectivity index (χ2n) is 19.4. The third-order valence-electron chi connectivity index (χ3n) is 11.8. The highest BCUT2D eigenvalue weighted by molar-refractivity contribution is 7.46. The van der Waals surface area contributed by atoms with Crippen LogP contribution in [0.4, 0.5) is 0 Å². The highest BCUT2D eigenvalue weighted by Gasteiger charge is 2.43. The third-order valence-corrected chi connectivity index (χ3v) is 12.4. The minimum absolute atomic E-state index is 0.000220. The number of nitrogens with zero attached hydrogens (tertiary/aromatic N) is 3. The molecule has 2 aliphatic heterocycles. The van der Waals surface area contributed by atoms with Gasteiger partial charge in [0.05, 0.1) is 31.9 Å². The van der Waals surface area contributed by atoms with E-state index in [-0.39, 0.29) is 41.9 Å². The monoisotopic (exact) mass is 938 g/mol. The van der Waals surface area contributed by atoms with Crippen LogP contribution in [0.25, 0.3) is 0 Å². The van der Waals surface area contributed by atoms with Gasteiger partial charge < -0.3 is 51.9 Å². The molecule has 1 aromatic rings. The van der Waals surface area contributed by atoms with Gasteiger partial charge in [-0.1, -0.05) is 71.9 Å². The number of primary amides is 1. The Morgan fingerprint density at radius 2 is 1.57 bits per heavy atom. The zero-order valence-electron chi connectivity index (χ0n) is 39.4. The SMILES string of the molecule is CC(=O)N1CCCC1C(=O)NC(CC(C)C)C(=O)NC(CC1C[N+](CCC(O)CO)=CN1CC(C)(C)CC(C)(C)c1ccccc1)C(=O)NC(C)C(=O)NC(C(N)=O)C(C)OP(=O)(O)O. The molecule has 2 aliphatic rings. The van der Waals surface area contributed by atoms with Crippen LogP contribution in [-0.4, -0.2) is 157 Å². The Balaban J connectivity index is 1.99. The molecule has 6 amide bonds. The predicted molar refractivity (Wildman–Crippen MR) is 242 cm³/mol. The molecule has 21 heteroatoms. The quantitative estimate of drug-likeness (QED) is 0.0470. The molecule has 0 spiro atoms. The summed E-state index contributed by atoms with van der Waals surface area (Å²) in [4.78, 5) is 103. The van der Waals surface area contributed by atoms with Crippen molar-refractivity contribution in [2.45, 2.75) is 155 Å². The maximum absolute atomic E-state index is 14.4. The van der Waals surface area contributed by atoms with E-state index in [1.54, 1.807) is 0 Å². The lowest BCUT2D eigenvalue weighted by Gasteiger charge is -2.37. The second kappa shape index (κ2) is 23.8. The maximum atomic E-state index is 14.4. The van der Waals surface area contributed by atoms with Crippen molar-refractivity contribution >= 4 is 49.6 Å². The van der Waals surface area contributed by atoms with E-state index in [9.17, 15) is 53.3 Å². The summed E-state index contributed by atoms with van der Waals surface area (Å²) in [5.41, 5.74) is 6.06. The van der Waals surface area contributed by atoms with Crippen molar-refractivity contribution in [2.75, 3.05) is 32.8 Å². The van der Waals surface area contributed by atoms with Gasteiger partial charge in [0.15, 0.2) is 0 Å². The number of amides is 6. The Kier molecular flexibility index (Phi) is 20.1. The van der Waals surface area contributed by atoms with Crippen LogP contribution in [0.3, 0.4) is 0 Å². The Morgan fingerprint density at radius 3 is 2.14 bits per heavy atom. The molecule has 8 unspecified atom stereocenters. The second-order valence-corrected chi connectivity index (χ2v) is 20.6. The van der Waals surface area contributed by atoms with Crippen LogP contribution in [0.1, 0.15) is 106 Å². The number of hydrogen-bond acceptors (Lipinski definition) is 11. The Hall–Kier alpha value is -4.46. The summed E-state index contributed by atoms with van der Waals surface area (Å²) in [6.45, 7) is 17.4. The number of carbonyl (C=O) groups is 6. The van der Waals surface area contributed by atoms with Gasteiger partial charge in [-0.2, -0.15) is 0 Å². The van der Waals surface area contributed by atoms with Gasteiger partial charge in [0.25, 0.3) is 0 Å². The first-order valence-corrected chi connectivity index (χ1v) is 23.9. The van der Waals surface area contributed by atoms with Gasteiger partial charge in [0.1, 0.15) is 42.8 Å². The van der Waals surface area contributed by atoms with E-state index < -0.39 is 92.4 Å². The normalized spacial score (nSPS) is 19.7. The molecule has 20 nitrogen and oxygen atoms in total. The number of rotatable bonds is 25. The molecule has 0 saturated carbocycles. The molecule has 65 heavy (non-hydrogen) atoms. The van der Waals surface area contributed by atoms with Crippen LogP contribution in [-0.2, 0) is 43.3 Å². The van der Waals surface area contributed by atoms with Crippen LogP contribution in [0.15, 0.2) is 30.3 Å². The number of benzene rings is 1. The van der Waals surface area contributed by atoms with Crippen molar-refractivity contribution in [3.8, 4) is 0 Å². The minimum Gasteiger partial charge on any atom is -0.394 e. The standard InChI is InChI=1S/C44H73N8O12P/c1-27(2)20-34(48-42(60)36-16-13-18-52(36)30(5)54)41(59)47-35(40(58)46-28(3)39(57)49-37(38(45)56)29(4)64-65(61,62)63)21-32-22-50(19-17-33(55)23-53)26-51(32)25-43(6,7)24-44(8,9)31-14-11-10-12-15-31/h10-12,14-15,26-29,32-37,53,55H,13,16-25H2,1-9H3,(H7-,45,46,47,48,49,56,57,58,59,60,61,62,63)/p+1. The molecule has 10 N–H and O–H groups in total. The van der Waals surface area contributed by atoms with Crippen molar-refractivity contribution in [1.82, 2.24) is 31.1 Å². The van der Waals surface area contributed by atoms with E-state index >= 15 is 0 Å². The first kappa shape index (κ1) is 54.9. The number of nitrogens with one attached hydrogen (secondary N) is 4. The first-order chi connectivity index (χ1) is 30.1. The van der Waals surface area contributed by atoms with Crippen molar-refractivity contribution in [1.29, 1.82) is 0 Å². The molecule has 3 rings (SSSR count). The van der Waals surface area contributed by atoms with Gasteiger partial charge in [0.2, 0.25) is 41.8 Å². The predicted octanol–water partition coefficient (Wildman–Crippen LogP) is 0.238. The summed E-state index contributed by atoms with van der Waals surface area (Å²) in [5.74, 6) is -4.42. The molecular formula is C44H74N8O12P+. The average molecular weight is 938 g/mol. The zero-order chi connectivity index (χ0) is 49.0. The summed E-state index contributed by atoms with van der Waals surface area (Å²) in [7, 11) is -5.09. The van der Waals surface area contributed by atoms with Gasteiger partial charge >= 0.3 is 7.82 Å². The number of hydrogen-bond donors (Lipinski definition) is 9. The van der Waals surface area contributed by atoms with Crippen LogP contribution in [0.2, 0.25) is 0 Å². The summed E-state index contributed by atoms with van der Waals surface area (Å²) in [6.07, 6.45) is 1.67. The van der Waals surface area contributed by atoms with E-state index in [1.165, 1.54) is 24.3 Å². The van der Waals surface area contributed by atoms with E-state index in [0.717, 1.165) is 13.3 Å². The number of aliphatic hydroxyl groups is 2. The van der Waals surface area contributed by atoms with Gasteiger partial charge in [-0.25, -0.2) is 4.57 Å². The van der Waals surface area contributed by atoms with E-state index in [0.29, 0.717) is 39.0 Å². The van der Waals surface area contributed by atoms with Crippen LogP contribution in [0, 0.1) is 11.3 Å². The maximum Gasteiger partial charge on any atom is 0.469 e. The number of aliphatic hydroxyl groups excluding tert-OH is 2. The van der Waals surface area contributed by atoms with Crippen molar-refractivity contribution in [3.63, 3.8) is 0 Å². The number of carbonyl (C=O) groups excluding carboxylic acids is 6. The molecule has 8 atom stereocenters. The molecular weight excluding hydrogens is 864 g/mol. The molecule has 0 radical (unpaired) electrons. The highest BCUT2D eigenvalue weighted by Crippen LogP contribution is 2.39.